The molecule has 6 nitrogen and oxygen atoms in total. The normalized spacial score (nSPS) is 22.7. The van der Waals surface area contributed by atoms with Crippen LogP contribution < -0.4 is 4.90 Å². The number of carbonyl (C=O) groups excluding carboxylic acids is 1. The van der Waals surface area contributed by atoms with E-state index in [9.17, 15) is 4.79 Å². The minimum absolute atomic E-state index is 0.156. The molecule has 4 heterocycles. The average Bonchev–Trinajstić information content (AvgIpc) is 2.73. The Hall–Kier alpha value is -2.50. The first-order valence-electron chi connectivity index (χ1n) is 10.4. The molecule has 0 radical (unpaired) electrons. The van der Waals surface area contributed by atoms with Crippen molar-refractivity contribution in [3.63, 3.8) is 0 Å². The van der Waals surface area contributed by atoms with Gasteiger partial charge in [0.2, 0.25) is 5.91 Å². The lowest BCUT2D eigenvalue weighted by atomic mass is 9.73. The summed E-state index contributed by atoms with van der Waals surface area (Å²) in [5, 5.41) is 0. The number of aromatic nitrogens is 3. The Bertz CT molecular complexity index is 812. The van der Waals surface area contributed by atoms with Gasteiger partial charge in [0.1, 0.15) is 12.1 Å². The second-order valence-electron chi connectivity index (χ2n) is 8.26. The zero-order chi connectivity index (χ0) is 19.4. The molecule has 0 aromatic carbocycles. The Balaban J connectivity index is 1.52. The number of piperidine rings is 2. The Morgan fingerprint density at radius 2 is 2.11 bits per heavy atom. The second-order valence-corrected chi connectivity index (χ2v) is 8.26. The topological polar surface area (TPSA) is 62.2 Å². The Labute approximate surface area is 167 Å². The van der Waals surface area contributed by atoms with Crippen molar-refractivity contribution in [3.05, 3.63) is 48.2 Å². The number of carbonyl (C=O) groups is 1. The van der Waals surface area contributed by atoms with Crippen LogP contribution in [-0.2, 0) is 17.8 Å². The van der Waals surface area contributed by atoms with Crippen LogP contribution in [0.1, 0.15) is 50.2 Å². The molecule has 0 aliphatic carbocycles. The van der Waals surface area contributed by atoms with Crippen LogP contribution in [-0.4, -0.2) is 45.4 Å². The second kappa shape index (κ2) is 8.25. The summed E-state index contributed by atoms with van der Waals surface area (Å²) in [6.45, 7) is 5.68. The van der Waals surface area contributed by atoms with Crippen LogP contribution in [0, 0.1) is 5.41 Å². The van der Waals surface area contributed by atoms with Crippen molar-refractivity contribution in [1.82, 2.24) is 19.9 Å². The lowest BCUT2D eigenvalue weighted by Crippen LogP contribution is -2.54. The van der Waals surface area contributed by atoms with Gasteiger partial charge in [0, 0.05) is 62.2 Å². The van der Waals surface area contributed by atoms with Gasteiger partial charge < -0.3 is 9.80 Å². The maximum absolute atomic E-state index is 12.6. The number of hydrogen-bond acceptors (Lipinski definition) is 5. The zero-order valence-corrected chi connectivity index (χ0v) is 16.7. The van der Waals surface area contributed by atoms with Crippen molar-refractivity contribution < 1.29 is 4.79 Å². The molecular formula is C22H29N5O. The third kappa shape index (κ3) is 4.01. The van der Waals surface area contributed by atoms with Crippen LogP contribution in [0.15, 0.2) is 37.1 Å². The molecular weight excluding hydrogens is 350 g/mol. The maximum Gasteiger partial charge on any atom is 0.222 e. The van der Waals surface area contributed by atoms with E-state index in [1.54, 1.807) is 12.5 Å². The van der Waals surface area contributed by atoms with E-state index in [-0.39, 0.29) is 11.3 Å². The Kier molecular flexibility index (Phi) is 5.55. The van der Waals surface area contributed by atoms with E-state index in [4.69, 9.17) is 0 Å². The van der Waals surface area contributed by atoms with Gasteiger partial charge in [-0.3, -0.25) is 9.78 Å². The summed E-state index contributed by atoms with van der Waals surface area (Å²) in [5.41, 5.74) is 2.49. The summed E-state index contributed by atoms with van der Waals surface area (Å²) >= 11 is 0. The summed E-state index contributed by atoms with van der Waals surface area (Å²) in [5.74, 6) is 1.35. The quantitative estimate of drug-likeness (QED) is 0.798. The summed E-state index contributed by atoms with van der Waals surface area (Å²) in [6.07, 6.45) is 13.3. The van der Waals surface area contributed by atoms with Gasteiger partial charge in [-0.2, -0.15) is 0 Å². The molecule has 2 aromatic rings. The fourth-order valence-corrected chi connectivity index (χ4v) is 4.76. The molecule has 4 rings (SSSR count). The molecule has 1 amide bonds. The molecule has 1 spiro atoms. The molecule has 2 aliphatic heterocycles. The number of aryl methyl sites for hydroxylation is 1. The molecule has 2 saturated heterocycles. The van der Waals surface area contributed by atoms with E-state index in [2.05, 4.69) is 26.8 Å². The number of likely N-dealkylation sites (tertiary alicyclic amines) is 1. The van der Waals surface area contributed by atoms with Crippen LogP contribution in [0.2, 0.25) is 0 Å². The average molecular weight is 380 g/mol. The molecule has 148 valence electrons. The monoisotopic (exact) mass is 379 g/mol. The summed E-state index contributed by atoms with van der Waals surface area (Å²) in [6, 6.07) is 3.99. The van der Waals surface area contributed by atoms with E-state index >= 15 is 0 Å². The third-order valence-corrected chi connectivity index (χ3v) is 6.09. The van der Waals surface area contributed by atoms with E-state index in [1.807, 2.05) is 29.4 Å². The van der Waals surface area contributed by atoms with Crippen LogP contribution in [0.4, 0.5) is 5.82 Å². The van der Waals surface area contributed by atoms with Crippen LogP contribution >= 0.6 is 0 Å². The maximum atomic E-state index is 12.6. The molecule has 0 saturated carbocycles. The summed E-state index contributed by atoms with van der Waals surface area (Å²) < 4.78 is 0. The van der Waals surface area contributed by atoms with Crippen molar-refractivity contribution in [2.24, 2.45) is 5.41 Å². The minimum Gasteiger partial charge on any atom is -0.356 e. The van der Waals surface area contributed by atoms with Gasteiger partial charge in [0.05, 0.1) is 0 Å². The minimum atomic E-state index is 0.156. The van der Waals surface area contributed by atoms with Gasteiger partial charge in [-0.25, -0.2) is 9.97 Å². The number of nitrogens with zero attached hydrogens (tertiary/aromatic N) is 5. The van der Waals surface area contributed by atoms with Gasteiger partial charge >= 0.3 is 0 Å². The fourth-order valence-electron chi connectivity index (χ4n) is 4.76. The van der Waals surface area contributed by atoms with Crippen molar-refractivity contribution in [1.29, 1.82) is 0 Å². The molecule has 6 heteroatoms. The molecule has 1 atom stereocenters. The van der Waals surface area contributed by atoms with Crippen molar-refractivity contribution in [2.45, 2.75) is 52.0 Å². The van der Waals surface area contributed by atoms with E-state index in [0.29, 0.717) is 13.0 Å². The Morgan fingerprint density at radius 1 is 1.18 bits per heavy atom. The largest absolute Gasteiger partial charge is 0.356 e. The highest BCUT2D eigenvalue weighted by atomic mass is 16.2. The van der Waals surface area contributed by atoms with Gasteiger partial charge in [-0.05, 0) is 37.3 Å². The SMILES string of the molecule is CCCc1cncnc1N1CCC[C@]2(CCC(=O)N(Cc3cccnc3)C2)C1. The molecule has 0 N–H and O–H groups in total. The molecule has 28 heavy (non-hydrogen) atoms. The lowest BCUT2D eigenvalue weighted by molar-refractivity contribution is -0.138. The number of pyridine rings is 1. The van der Waals surface area contributed by atoms with E-state index in [1.165, 1.54) is 12.0 Å². The van der Waals surface area contributed by atoms with E-state index in [0.717, 1.165) is 56.7 Å². The van der Waals surface area contributed by atoms with Crippen molar-refractivity contribution in [2.75, 3.05) is 24.5 Å². The first-order chi connectivity index (χ1) is 13.7. The first kappa shape index (κ1) is 18.8. The highest BCUT2D eigenvalue weighted by molar-refractivity contribution is 5.77. The number of amides is 1. The van der Waals surface area contributed by atoms with Crippen LogP contribution in [0.3, 0.4) is 0 Å². The highest BCUT2D eigenvalue weighted by Crippen LogP contribution is 2.40. The number of anilines is 1. The molecule has 2 aromatic heterocycles. The third-order valence-electron chi connectivity index (χ3n) is 6.09. The van der Waals surface area contributed by atoms with Gasteiger partial charge in [0.15, 0.2) is 0 Å². The van der Waals surface area contributed by atoms with Gasteiger partial charge in [-0.1, -0.05) is 19.4 Å². The number of hydrogen-bond donors (Lipinski definition) is 0. The fraction of sp³-hybridized carbons (Fsp3) is 0.545. The molecule has 2 aliphatic rings. The molecule has 0 bridgehead atoms. The van der Waals surface area contributed by atoms with Gasteiger partial charge in [-0.15, -0.1) is 0 Å². The first-order valence-corrected chi connectivity index (χ1v) is 10.4. The van der Waals surface area contributed by atoms with Gasteiger partial charge in [0.25, 0.3) is 0 Å². The smallest absolute Gasteiger partial charge is 0.222 e. The molecule has 2 fully saturated rings. The molecule has 0 unspecified atom stereocenters. The van der Waals surface area contributed by atoms with Crippen molar-refractivity contribution in [3.8, 4) is 0 Å². The lowest BCUT2D eigenvalue weighted by Gasteiger charge is -2.48. The van der Waals surface area contributed by atoms with Crippen molar-refractivity contribution >= 4 is 11.7 Å². The van der Waals surface area contributed by atoms with E-state index < -0.39 is 0 Å². The predicted octanol–water partition coefficient (Wildman–Crippen LogP) is 3.23. The Morgan fingerprint density at radius 3 is 2.93 bits per heavy atom. The zero-order valence-electron chi connectivity index (χ0n) is 16.7. The van der Waals surface area contributed by atoms with Crippen LogP contribution in [0.5, 0.6) is 0 Å². The predicted molar refractivity (Wildman–Crippen MR) is 109 cm³/mol. The summed E-state index contributed by atoms with van der Waals surface area (Å²) in [7, 11) is 0. The van der Waals surface area contributed by atoms with Crippen LogP contribution in [0.25, 0.3) is 0 Å². The summed E-state index contributed by atoms with van der Waals surface area (Å²) in [4.78, 5) is 30.1. The standard InChI is InChI=1S/C22H29N5O/c1-2-5-19-13-24-17-25-21(19)26-11-4-8-22(15-26)9-7-20(28)27(16-22)14-18-6-3-10-23-12-18/h3,6,10,12-13,17H,2,4-5,7-9,11,14-16H2,1H3/t22-/m0/s1. The highest BCUT2D eigenvalue weighted by Gasteiger charge is 2.42. The number of rotatable bonds is 5.